The number of hydrogen-bond acceptors (Lipinski definition) is 7. The van der Waals surface area contributed by atoms with E-state index in [1.165, 1.54) is 17.7 Å². The first kappa shape index (κ1) is 19.8. The van der Waals surface area contributed by atoms with Crippen LogP contribution in [0.1, 0.15) is 15.9 Å². The van der Waals surface area contributed by atoms with Gasteiger partial charge in [-0.05, 0) is 28.5 Å². The summed E-state index contributed by atoms with van der Waals surface area (Å²) in [5, 5.41) is 15.5. The predicted molar refractivity (Wildman–Crippen MR) is 112 cm³/mol. The van der Waals surface area contributed by atoms with Crippen LogP contribution in [-0.4, -0.2) is 73.1 Å². The molecule has 0 aliphatic carbocycles. The predicted octanol–water partition coefficient (Wildman–Crippen LogP) is 2.45. The molecule has 29 heavy (non-hydrogen) atoms. The summed E-state index contributed by atoms with van der Waals surface area (Å²) in [7, 11) is 0. The van der Waals surface area contributed by atoms with Gasteiger partial charge in [0.1, 0.15) is 0 Å². The van der Waals surface area contributed by atoms with E-state index in [2.05, 4.69) is 26.6 Å². The normalized spacial score (nSPS) is 18.1. The summed E-state index contributed by atoms with van der Waals surface area (Å²) in [6, 6.07) is 6.72. The Labute approximate surface area is 173 Å². The SMILES string of the molecule is O=C(c1cc([N+](=O)[O-])ccc1N1CCOCC1)N1CCN(Cc2ccsc2)CC1. The van der Waals surface area contributed by atoms with Gasteiger partial charge in [0.05, 0.1) is 29.4 Å². The number of benzene rings is 1. The molecule has 2 aliphatic heterocycles. The van der Waals surface area contributed by atoms with E-state index in [1.807, 2.05) is 4.90 Å². The quantitative estimate of drug-likeness (QED) is 0.550. The van der Waals surface area contributed by atoms with Crippen LogP contribution in [0.2, 0.25) is 0 Å². The lowest BCUT2D eigenvalue weighted by molar-refractivity contribution is -0.384. The molecule has 0 unspecified atom stereocenters. The maximum absolute atomic E-state index is 13.3. The summed E-state index contributed by atoms with van der Waals surface area (Å²) in [6.07, 6.45) is 0. The summed E-state index contributed by atoms with van der Waals surface area (Å²) in [5.74, 6) is -0.134. The number of anilines is 1. The van der Waals surface area contributed by atoms with E-state index in [4.69, 9.17) is 4.74 Å². The number of ether oxygens (including phenoxy) is 1. The van der Waals surface area contributed by atoms with Crippen molar-refractivity contribution in [3.8, 4) is 0 Å². The standard InChI is InChI=1S/C20H24N4O4S/c25-20(23-6-4-21(5-7-23)14-16-3-12-29-15-16)18-13-17(24(26)27)1-2-19(18)22-8-10-28-11-9-22/h1-3,12-13,15H,4-11,14H2. The molecule has 2 aromatic rings. The fraction of sp³-hybridized carbons (Fsp3) is 0.450. The molecule has 1 aromatic heterocycles. The van der Waals surface area contributed by atoms with Crippen molar-refractivity contribution < 1.29 is 14.5 Å². The third kappa shape index (κ3) is 4.58. The van der Waals surface area contributed by atoms with Crippen LogP contribution in [0.15, 0.2) is 35.0 Å². The number of carbonyl (C=O) groups excluding carboxylic acids is 1. The molecule has 0 N–H and O–H groups in total. The largest absolute Gasteiger partial charge is 0.378 e. The van der Waals surface area contributed by atoms with Gasteiger partial charge in [-0.1, -0.05) is 0 Å². The van der Waals surface area contributed by atoms with Crippen LogP contribution in [0.25, 0.3) is 0 Å². The van der Waals surface area contributed by atoms with Crippen LogP contribution < -0.4 is 4.90 Å². The Bertz CT molecular complexity index is 859. The lowest BCUT2D eigenvalue weighted by atomic mass is 10.1. The van der Waals surface area contributed by atoms with Gasteiger partial charge in [-0.2, -0.15) is 11.3 Å². The first-order valence-corrected chi connectivity index (χ1v) is 10.7. The highest BCUT2D eigenvalue weighted by Gasteiger charge is 2.27. The molecule has 4 rings (SSSR count). The van der Waals surface area contributed by atoms with Crippen LogP contribution in [0, 0.1) is 10.1 Å². The minimum absolute atomic E-state index is 0.0542. The van der Waals surface area contributed by atoms with Crippen molar-refractivity contribution in [2.24, 2.45) is 0 Å². The summed E-state index contributed by atoms with van der Waals surface area (Å²) >= 11 is 1.69. The number of morpholine rings is 1. The van der Waals surface area contributed by atoms with Gasteiger partial charge >= 0.3 is 0 Å². The number of nitro groups is 1. The molecule has 2 fully saturated rings. The average Bonchev–Trinajstić information content (AvgIpc) is 3.27. The highest BCUT2D eigenvalue weighted by atomic mass is 32.1. The summed E-state index contributed by atoms with van der Waals surface area (Å²) in [5.41, 5.74) is 2.40. The fourth-order valence-electron chi connectivity index (χ4n) is 3.81. The van der Waals surface area contributed by atoms with Gasteiger partial charge in [0.25, 0.3) is 11.6 Å². The molecule has 0 spiro atoms. The van der Waals surface area contributed by atoms with Crippen molar-refractivity contribution in [3.05, 3.63) is 56.3 Å². The van der Waals surface area contributed by atoms with E-state index >= 15 is 0 Å². The Kier molecular flexibility index (Phi) is 6.08. The molecule has 0 atom stereocenters. The zero-order valence-corrected chi connectivity index (χ0v) is 17.0. The zero-order chi connectivity index (χ0) is 20.2. The first-order chi connectivity index (χ1) is 14.1. The molecule has 1 aromatic carbocycles. The number of non-ortho nitro benzene ring substituents is 1. The number of hydrogen-bond donors (Lipinski definition) is 0. The number of nitrogens with zero attached hydrogens (tertiary/aromatic N) is 4. The van der Waals surface area contributed by atoms with Crippen LogP contribution in [0.5, 0.6) is 0 Å². The molecule has 1 amide bonds. The van der Waals surface area contributed by atoms with Crippen molar-refractivity contribution in [1.82, 2.24) is 9.80 Å². The molecular weight excluding hydrogens is 392 g/mol. The molecule has 8 nitrogen and oxygen atoms in total. The van der Waals surface area contributed by atoms with Gasteiger partial charge < -0.3 is 14.5 Å². The van der Waals surface area contributed by atoms with Crippen LogP contribution in [0.3, 0.4) is 0 Å². The minimum atomic E-state index is -0.446. The van der Waals surface area contributed by atoms with Crippen molar-refractivity contribution in [2.75, 3.05) is 57.4 Å². The van der Waals surface area contributed by atoms with Crippen molar-refractivity contribution in [3.63, 3.8) is 0 Å². The van der Waals surface area contributed by atoms with Gasteiger partial charge in [-0.15, -0.1) is 0 Å². The number of rotatable bonds is 5. The number of thiophene rings is 1. The molecule has 0 radical (unpaired) electrons. The second-order valence-corrected chi connectivity index (χ2v) is 8.04. The van der Waals surface area contributed by atoms with Gasteiger partial charge in [-0.25, -0.2) is 0 Å². The van der Waals surface area contributed by atoms with Crippen molar-refractivity contribution >= 4 is 28.6 Å². The van der Waals surface area contributed by atoms with Crippen LogP contribution >= 0.6 is 11.3 Å². The van der Waals surface area contributed by atoms with Gasteiger partial charge in [0.15, 0.2) is 0 Å². The van der Waals surface area contributed by atoms with Gasteiger partial charge in [-0.3, -0.25) is 19.8 Å². The van der Waals surface area contributed by atoms with Crippen molar-refractivity contribution in [1.29, 1.82) is 0 Å². The average molecular weight is 417 g/mol. The zero-order valence-electron chi connectivity index (χ0n) is 16.2. The molecule has 0 saturated carbocycles. The van der Waals surface area contributed by atoms with E-state index in [-0.39, 0.29) is 11.6 Å². The van der Waals surface area contributed by atoms with E-state index in [0.717, 1.165) is 25.3 Å². The first-order valence-electron chi connectivity index (χ1n) is 9.75. The maximum atomic E-state index is 13.3. The number of carbonyl (C=O) groups is 1. The highest BCUT2D eigenvalue weighted by molar-refractivity contribution is 7.07. The lowest BCUT2D eigenvalue weighted by Crippen LogP contribution is -2.48. The van der Waals surface area contributed by atoms with E-state index in [9.17, 15) is 14.9 Å². The Morgan fingerprint density at radius 3 is 2.52 bits per heavy atom. The number of amides is 1. The van der Waals surface area contributed by atoms with E-state index < -0.39 is 4.92 Å². The molecule has 3 heterocycles. The van der Waals surface area contributed by atoms with Crippen LogP contribution in [0.4, 0.5) is 11.4 Å². The summed E-state index contributed by atoms with van der Waals surface area (Å²) < 4.78 is 5.40. The molecular formula is C20H24N4O4S. The molecule has 154 valence electrons. The van der Waals surface area contributed by atoms with Gasteiger partial charge in [0.2, 0.25) is 0 Å². The smallest absolute Gasteiger partial charge is 0.270 e. The van der Waals surface area contributed by atoms with Gasteiger partial charge in [0, 0.05) is 57.9 Å². The summed E-state index contributed by atoms with van der Waals surface area (Å²) in [4.78, 5) is 30.3. The number of nitro benzene ring substituents is 1. The van der Waals surface area contributed by atoms with E-state index in [1.54, 1.807) is 17.4 Å². The highest BCUT2D eigenvalue weighted by Crippen LogP contribution is 2.28. The Hall–Kier alpha value is -2.49. The lowest BCUT2D eigenvalue weighted by Gasteiger charge is -2.36. The topological polar surface area (TPSA) is 79.2 Å². The Morgan fingerprint density at radius 1 is 1.10 bits per heavy atom. The molecule has 9 heteroatoms. The minimum Gasteiger partial charge on any atom is -0.378 e. The molecule has 0 bridgehead atoms. The van der Waals surface area contributed by atoms with Crippen molar-refractivity contribution in [2.45, 2.75) is 6.54 Å². The maximum Gasteiger partial charge on any atom is 0.270 e. The number of piperazine rings is 1. The summed E-state index contributed by atoms with van der Waals surface area (Å²) in [6.45, 7) is 6.24. The second kappa shape index (κ2) is 8.89. The Morgan fingerprint density at radius 2 is 1.86 bits per heavy atom. The monoisotopic (exact) mass is 416 g/mol. The molecule has 2 saturated heterocycles. The molecule has 2 aliphatic rings. The third-order valence-corrected chi connectivity index (χ3v) is 6.15. The van der Waals surface area contributed by atoms with Crippen LogP contribution in [-0.2, 0) is 11.3 Å². The Balaban J connectivity index is 1.49. The third-order valence-electron chi connectivity index (χ3n) is 5.42. The second-order valence-electron chi connectivity index (χ2n) is 7.26. The van der Waals surface area contributed by atoms with E-state index in [0.29, 0.717) is 45.0 Å². The fourth-order valence-corrected chi connectivity index (χ4v) is 4.47.